The molecule has 22 rings (SSSR count). The Morgan fingerprint density at radius 1 is 0.238 bits per heavy atom. The van der Waals surface area contributed by atoms with Crippen LogP contribution in [0, 0.1) is 58.2 Å². The van der Waals surface area contributed by atoms with Crippen LogP contribution in [-0.4, -0.2) is 0 Å². The summed E-state index contributed by atoms with van der Waals surface area (Å²) in [4.78, 5) is 3.90. The van der Waals surface area contributed by atoms with Crippen molar-refractivity contribution in [1.29, 1.82) is 0 Å². The summed E-state index contributed by atoms with van der Waals surface area (Å²) in [6, 6.07) is 110. The zero-order valence-electron chi connectivity index (χ0n) is 68.5. The van der Waals surface area contributed by atoms with Gasteiger partial charge < -0.3 is 28.1 Å². The monoisotopic (exact) mass is 1720 g/mol. The van der Waals surface area contributed by atoms with Gasteiger partial charge in [-0.15, -0.1) is 0 Å². The predicted molar refractivity (Wildman–Crippen MR) is 494 cm³/mol. The Kier molecular flexibility index (Phi) is 19.1. The number of para-hydroxylation sites is 4. The average Bonchev–Trinajstić information content (AvgIpc) is 1.53. The lowest BCUT2D eigenvalue weighted by molar-refractivity contribution is 0.363. The summed E-state index contributed by atoms with van der Waals surface area (Å²) in [5, 5.41) is 3.75. The van der Waals surface area contributed by atoms with Gasteiger partial charge >= 0.3 is 0 Å². The highest BCUT2D eigenvalue weighted by Crippen LogP contribution is 2.62. The molecule has 0 N–H and O–H groups in total. The lowest BCUT2D eigenvalue weighted by atomic mass is 9.67. The van der Waals surface area contributed by atoms with Crippen molar-refractivity contribution in [3.63, 3.8) is 0 Å². The number of anilines is 6. The first-order valence-corrected chi connectivity index (χ1v) is 41.9. The third-order valence-electron chi connectivity index (χ3n) is 25.3. The number of rotatable bonds is 19. The molecule has 2 aliphatic rings. The SMILES string of the molecule is C=Cc1ccc(Oc2ccc(C3(c4c(F)c(F)c(F)c(F)c4F)c4ccccc4-c4ccc(N(c5ccc(-c6ccc(N(c7ccc(-c8cccc9c8oc8ccccc89)cc7)c7ccc8c(c7)C(c7ccc(Oc9ccc(C=C)cc9)cc7)(c7c(F)c(F)c(F)c(F)c7F)c7ccccc7-8)cc6)cc5)c5ccc(-c6cccc7c6oc6ccccc67)cc5)cc43)cc2)cc1. The summed E-state index contributed by atoms with van der Waals surface area (Å²) in [5.74, 6) is -19.6. The van der Waals surface area contributed by atoms with E-state index in [1.165, 1.54) is 0 Å². The molecule has 626 valence electrons. The summed E-state index contributed by atoms with van der Waals surface area (Å²) < 4.78 is 192. The minimum absolute atomic E-state index is 0.163. The van der Waals surface area contributed by atoms with E-state index in [1.54, 1.807) is 158 Å². The molecular weight excluding hydrogens is 1650 g/mol. The molecule has 18 aromatic carbocycles. The normalized spacial score (nSPS) is 14.2. The maximum absolute atomic E-state index is 17.6. The zero-order chi connectivity index (χ0) is 88.5. The molecule has 0 saturated heterocycles. The third-order valence-corrected chi connectivity index (χ3v) is 25.3. The molecule has 0 fully saturated rings. The Morgan fingerprint density at radius 3 is 0.862 bits per heavy atom. The highest BCUT2D eigenvalue weighted by molar-refractivity contribution is 6.11. The number of ether oxygens (including phenoxy) is 2. The van der Waals surface area contributed by atoms with Crippen molar-refractivity contribution in [1.82, 2.24) is 0 Å². The molecule has 16 heteroatoms. The maximum atomic E-state index is 17.6. The van der Waals surface area contributed by atoms with E-state index in [0.717, 1.165) is 77.2 Å². The number of hydrogen-bond donors (Lipinski definition) is 0. The number of furan rings is 2. The minimum atomic E-state index is -2.31. The largest absolute Gasteiger partial charge is 0.457 e. The predicted octanol–water partition coefficient (Wildman–Crippen LogP) is 32.4. The average molecular weight is 1720 g/mol. The van der Waals surface area contributed by atoms with E-state index in [4.69, 9.17) is 18.3 Å². The van der Waals surface area contributed by atoms with Gasteiger partial charge in [0.15, 0.2) is 46.5 Å². The molecule has 130 heavy (non-hydrogen) atoms. The van der Waals surface area contributed by atoms with Gasteiger partial charge in [0.2, 0.25) is 11.6 Å². The molecule has 0 spiro atoms. The molecule has 6 nitrogen and oxygen atoms in total. The third kappa shape index (κ3) is 12.6. The first kappa shape index (κ1) is 79.4. The van der Waals surface area contributed by atoms with Crippen LogP contribution >= 0.6 is 0 Å². The van der Waals surface area contributed by atoms with Crippen molar-refractivity contribution in [2.24, 2.45) is 0 Å². The van der Waals surface area contributed by atoms with Gasteiger partial charge in [-0.05, 0) is 222 Å². The first-order valence-electron chi connectivity index (χ1n) is 41.9. The quantitative estimate of drug-likeness (QED) is 0.0457. The van der Waals surface area contributed by atoms with E-state index in [0.29, 0.717) is 90.5 Å². The molecule has 2 atom stereocenters. The van der Waals surface area contributed by atoms with E-state index >= 15 is 43.9 Å². The highest BCUT2D eigenvalue weighted by atomic mass is 19.2. The molecule has 2 heterocycles. The van der Waals surface area contributed by atoms with Crippen LogP contribution in [-0.2, 0) is 10.8 Å². The first-order chi connectivity index (χ1) is 63.5. The topological polar surface area (TPSA) is 51.2 Å². The van der Waals surface area contributed by atoms with Gasteiger partial charge in [-0.1, -0.05) is 256 Å². The van der Waals surface area contributed by atoms with E-state index in [1.807, 2.05) is 228 Å². The molecule has 0 aliphatic heterocycles. The van der Waals surface area contributed by atoms with E-state index in [-0.39, 0.29) is 33.4 Å². The second-order valence-corrected chi connectivity index (χ2v) is 32.2. The fraction of sp³-hybridized carbons (Fsp3) is 0.0175. The van der Waals surface area contributed by atoms with Crippen molar-refractivity contribution >= 4 is 90.2 Å². The molecule has 2 unspecified atom stereocenters. The summed E-state index contributed by atoms with van der Waals surface area (Å²) in [7, 11) is 0. The Balaban J connectivity index is 0.688. The van der Waals surface area contributed by atoms with Gasteiger partial charge in [-0.3, -0.25) is 0 Å². The number of halogens is 10. The van der Waals surface area contributed by atoms with Crippen LogP contribution in [0.4, 0.5) is 78.0 Å². The summed E-state index contributed by atoms with van der Waals surface area (Å²) in [6.45, 7) is 7.68. The zero-order valence-corrected chi connectivity index (χ0v) is 68.5. The van der Waals surface area contributed by atoms with Gasteiger partial charge in [0.05, 0.1) is 10.8 Å². The Labute approximate surface area is 738 Å². The smallest absolute Gasteiger partial charge is 0.200 e. The van der Waals surface area contributed by atoms with Crippen molar-refractivity contribution in [3.05, 3.63) is 491 Å². The van der Waals surface area contributed by atoms with Crippen molar-refractivity contribution in [2.75, 3.05) is 9.80 Å². The highest BCUT2D eigenvalue weighted by Gasteiger charge is 2.54. The second kappa shape index (κ2) is 31.3. The standard InChI is InChI=1S/C114H66F10N2O4/c1-3-65-27-53-79(54-28-65)127-81-57-39-71(40-58-81)113(99-101(115)105(119)109(123)106(120)102(99)116)93-23-9-5-15-85(93)87-61-51-77(63-95(87)113)125(75-47-35-69(36-48-75)83-19-13-21-91-89-17-7-11-25-97(89)129-111(83)91)73-43-31-67(32-44-73)68-33-45-74(46-34-68)126(76-49-37-70(38-50-76)84-20-14-22-92-90-18-8-12-26-98(90)130-112(84)92)78-52-62-88-86-16-6-10-24-94(86)114(96(88)64-78,100-103(117)107(121)110(124)108(122)104(100)118)72-41-59-82(60-42-72)128-80-55-29-66(4-2)30-56-80/h3-64H,1-2H2. The van der Waals surface area contributed by atoms with E-state index in [9.17, 15) is 0 Å². The summed E-state index contributed by atoms with van der Waals surface area (Å²) in [5.41, 5.74) is 9.01. The minimum Gasteiger partial charge on any atom is -0.457 e. The Bertz CT molecular complexity index is 7470. The van der Waals surface area contributed by atoms with Crippen molar-refractivity contribution in [3.8, 4) is 78.6 Å². The van der Waals surface area contributed by atoms with E-state index < -0.39 is 80.1 Å². The van der Waals surface area contributed by atoms with Crippen LogP contribution in [0.2, 0.25) is 0 Å². The van der Waals surface area contributed by atoms with Gasteiger partial charge in [-0.25, -0.2) is 43.9 Å². The number of hydrogen-bond acceptors (Lipinski definition) is 6. The number of benzene rings is 18. The fourth-order valence-electron chi connectivity index (χ4n) is 19.3. The molecule has 20 aromatic rings. The Morgan fingerprint density at radius 2 is 0.515 bits per heavy atom. The van der Waals surface area contributed by atoms with Crippen LogP contribution in [0.1, 0.15) is 55.6 Å². The van der Waals surface area contributed by atoms with Crippen LogP contribution in [0.25, 0.3) is 112 Å². The molecule has 0 amide bonds. The molecule has 0 saturated carbocycles. The van der Waals surface area contributed by atoms with Gasteiger partial charge in [0.25, 0.3) is 0 Å². The van der Waals surface area contributed by atoms with E-state index in [2.05, 4.69) is 13.2 Å². The van der Waals surface area contributed by atoms with Crippen molar-refractivity contribution in [2.45, 2.75) is 10.8 Å². The van der Waals surface area contributed by atoms with Crippen LogP contribution in [0.5, 0.6) is 23.0 Å². The summed E-state index contributed by atoms with van der Waals surface area (Å²) in [6.07, 6.45) is 3.37. The fourth-order valence-corrected chi connectivity index (χ4v) is 19.3. The molecule has 0 radical (unpaired) electrons. The van der Waals surface area contributed by atoms with Gasteiger partial charge in [0, 0.05) is 77.9 Å². The molecule has 2 aliphatic carbocycles. The molecule has 0 bridgehead atoms. The van der Waals surface area contributed by atoms with Gasteiger partial charge in [-0.2, -0.15) is 0 Å². The lowest BCUT2D eigenvalue weighted by Crippen LogP contribution is -2.32. The van der Waals surface area contributed by atoms with Crippen LogP contribution in [0.3, 0.4) is 0 Å². The Hall–Kier alpha value is -16.5. The lowest BCUT2D eigenvalue weighted by Gasteiger charge is -2.35. The van der Waals surface area contributed by atoms with Crippen LogP contribution in [0.15, 0.2) is 386 Å². The molecule has 2 aromatic heterocycles. The second-order valence-electron chi connectivity index (χ2n) is 32.2. The van der Waals surface area contributed by atoms with Crippen LogP contribution < -0.4 is 19.3 Å². The number of nitrogens with zero attached hydrogens (tertiary/aromatic N) is 2. The summed E-state index contributed by atoms with van der Waals surface area (Å²) >= 11 is 0. The van der Waals surface area contributed by atoms with Gasteiger partial charge in [0.1, 0.15) is 45.3 Å². The maximum Gasteiger partial charge on any atom is 0.200 e. The molecular formula is C114H66F10N2O4. The number of fused-ring (bicyclic) bond motifs is 12. The van der Waals surface area contributed by atoms with Crippen molar-refractivity contribution < 1.29 is 62.2 Å².